The monoisotopic (exact) mass is 299 g/mol. The standard InChI is InChI=1S/C16H23F2NO2/c1-16(2,3)19-9-11-7-12(11)10-5-6-13(20-4)14(8-10)21-15(17)18/h5-6,8,11-12,15,19H,7,9H2,1-4H3. The summed E-state index contributed by atoms with van der Waals surface area (Å²) >= 11 is 0. The summed E-state index contributed by atoms with van der Waals surface area (Å²) in [4.78, 5) is 0. The number of halogens is 2. The van der Waals surface area contributed by atoms with Crippen molar-refractivity contribution in [1.29, 1.82) is 0 Å². The zero-order valence-corrected chi connectivity index (χ0v) is 13.0. The Kier molecular flexibility index (Phi) is 4.71. The van der Waals surface area contributed by atoms with Crippen molar-refractivity contribution in [2.45, 2.75) is 45.3 Å². The number of benzene rings is 1. The molecule has 1 aromatic carbocycles. The van der Waals surface area contributed by atoms with Crippen LogP contribution in [-0.2, 0) is 0 Å². The lowest BCUT2D eigenvalue weighted by molar-refractivity contribution is -0.0512. The lowest BCUT2D eigenvalue weighted by Gasteiger charge is -2.20. The van der Waals surface area contributed by atoms with Crippen molar-refractivity contribution < 1.29 is 18.3 Å². The van der Waals surface area contributed by atoms with E-state index >= 15 is 0 Å². The van der Waals surface area contributed by atoms with Crippen molar-refractivity contribution in [2.75, 3.05) is 13.7 Å². The Hall–Kier alpha value is -1.36. The number of ether oxygens (including phenoxy) is 2. The number of hydrogen-bond donors (Lipinski definition) is 1. The van der Waals surface area contributed by atoms with Gasteiger partial charge in [0.25, 0.3) is 0 Å². The van der Waals surface area contributed by atoms with Crippen molar-refractivity contribution in [3.63, 3.8) is 0 Å². The van der Waals surface area contributed by atoms with Gasteiger partial charge in [-0.05, 0) is 63.3 Å². The topological polar surface area (TPSA) is 30.5 Å². The fraction of sp³-hybridized carbons (Fsp3) is 0.625. The average Bonchev–Trinajstić information content (AvgIpc) is 3.14. The highest BCUT2D eigenvalue weighted by Crippen LogP contribution is 2.48. The number of nitrogens with one attached hydrogen (secondary N) is 1. The zero-order chi connectivity index (χ0) is 15.6. The second-order valence-corrected chi connectivity index (χ2v) is 6.52. The van der Waals surface area contributed by atoms with E-state index in [0.717, 1.165) is 18.5 Å². The van der Waals surface area contributed by atoms with E-state index in [-0.39, 0.29) is 11.3 Å². The predicted molar refractivity (Wildman–Crippen MR) is 78.2 cm³/mol. The van der Waals surface area contributed by atoms with E-state index in [2.05, 4.69) is 30.8 Å². The van der Waals surface area contributed by atoms with E-state index in [0.29, 0.717) is 17.6 Å². The summed E-state index contributed by atoms with van der Waals surface area (Å²) in [5, 5.41) is 3.48. The minimum Gasteiger partial charge on any atom is -0.493 e. The van der Waals surface area contributed by atoms with Crippen LogP contribution in [0.2, 0.25) is 0 Å². The minimum atomic E-state index is -2.84. The molecule has 5 heteroatoms. The van der Waals surface area contributed by atoms with E-state index in [9.17, 15) is 8.78 Å². The van der Waals surface area contributed by atoms with Gasteiger partial charge in [-0.2, -0.15) is 8.78 Å². The van der Waals surface area contributed by atoms with Gasteiger partial charge in [-0.15, -0.1) is 0 Å². The Labute approximate surface area is 124 Å². The molecule has 0 bridgehead atoms. The molecular formula is C16H23F2NO2. The molecule has 1 aromatic rings. The third-order valence-corrected chi connectivity index (χ3v) is 3.65. The van der Waals surface area contributed by atoms with E-state index in [4.69, 9.17) is 4.74 Å². The molecule has 1 fully saturated rings. The van der Waals surface area contributed by atoms with Crippen molar-refractivity contribution in [2.24, 2.45) is 5.92 Å². The van der Waals surface area contributed by atoms with Gasteiger partial charge in [0.15, 0.2) is 11.5 Å². The molecule has 0 aromatic heterocycles. The second-order valence-electron chi connectivity index (χ2n) is 6.52. The molecule has 1 saturated carbocycles. The van der Waals surface area contributed by atoms with Gasteiger partial charge in [0.05, 0.1) is 7.11 Å². The quantitative estimate of drug-likeness (QED) is 0.867. The first-order chi connectivity index (χ1) is 9.80. The molecule has 0 saturated heterocycles. The van der Waals surface area contributed by atoms with Gasteiger partial charge < -0.3 is 14.8 Å². The summed E-state index contributed by atoms with van der Waals surface area (Å²) in [5.41, 5.74) is 1.13. The number of rotatable bonds is 6. The van der Waals surface area contributed by atoms with Crippen molar-refractivity contribution in [1.82, 2.24) is 5.32 Å². The van der Waals surface area contributed by atoms with Crippen molar-refractivity contribution in [3.05, 3.63) is 23.8 Å². The molecule has 1 aliphatic rings. The number of hydrogen-bond acceptors (Lipinski definition) is 3. The molecule has 2 rings (SSSR count). The van der Waals surface area contributed by atoms with Gasteiger partial charge in [-0.25, -0.2) is 0 Å². The van der Waals surface area contributed by atoms with Crippen LogP contribution >= 0.6 is 0 Å². The Bertz CT molecular complexity index is 486. The predicted octanol–water partition coefficient (Wildman–Crippen LogP) is 3.79. The Morgan fingerprint density at radius 2 is 2.00 bits per heavy atom. The van der Waals surface area contributed by atoms with Crippen LogP contribution < -0.4 is 14.8 Å². The third kappa shape index (κ3) is 4.56. The molecule has 0 amide bonds. The summed E-state index contributed by atoms with van der Waals surface area (Å²) in [6.07, 6.45) is 1.07. The normalized spacial score (nSPS) is 21.5. The first kappa shape index (κ1) is 16.0. The van der Waals surface area contributed by atoms with E-state index in [1.165, 1.54) is 7.11 Å². The second kappa shape index (κ2) is 6.18. The van der Waals surface area contributed by atoms with Gasteiger partial charge in [-0.1, -0.05) is 6.07 Å². The van der Waals surface area contributed by atoms with Crippen molar-refractivity contribution >= 4 is 0 Å². The molecule has 0 aliphatic heterocycles. The van der Waals surface area contributed by atoms with Gasteiger partial charge in [0.2, 0.25) is 0 Å². The van der Waals surface area contributed by atoms with Gasteiger partial charge >= 0.3 is 6.61 Å². The number of methoxy groups -OCH3 is 1. The molecule has 3 nitrogen and oxygen atoms in total. The highest BCUT2D eigenvalue weighted by molar-refractivity contribution is 5.45. The SMILES string of the molecule is COc1ccc(C2CC2CNC(C)(C)C)cc1OC(F)F. The highest BCUT2D eigenvalue weighted by atomic mass is 19.3. The highest BCUT2D eigenvalue weighted by Gasteiger charge is 2.38. The maximum absolute atomic E-state index is 12.4. The van der Waals surface area contributed by atoms with Crippen molar-refractivity contribution in [3.8, 4) is 11.5 Å². The molecule has 118 valence electrons. The largest absolute Gasteiger partial charge is 0.493 e. The Balaban J connectivity index is 2.02. The molecule has 1 aliphatic carbocycles. The van der Waals surface area contributed by atoms with Crippen LogP contribution in [0.5, 0.6) is 11.5 Å². The maximum Gasteiger partial charge on any atom is 0.387 e. The molecule has 0 heterocycles. The van der Waals surface area contributed by atoms with Crippen LogP contribution in [0.25, 0.3) is 0 Å². The average molecular weight is 299 g/mol. The van der Waals surface area contributed by atoms with Gasteiger partial charge in [0.1, 0.15) is 0 Å². The van der Waals surface area contributed by atoms with Crippen LogP contribution in [0.1, 0.15) is 38.7 Å². The van der Waals surface area contributed by atoms with Gasteiger partial charge in [0, 0.05) is 5.54 Å². The first-order valence-electron chi connectivity index (χ1n) is 7.18. The smallest absolute Gasteiger partial charge is 0.387 e. The molecule has 2 atom stereocenters. The van der Waals surface area contributed by atoms with Crippen LogP contribution in [0.4, 0.5) is 8.78 Å². The van der Waals surface area contributed by atoms with Crippen LogP contribution in [0, 0.1) is 5.92 Å². The molecular weight excluding hydrogens is 276 g/mol. The van der Waals surface area contributed by atoms with E-state index < -0.39 is 6.61 Å². The molecule has 0 spiro atoms. The third-order valence-electron chi connectivity index (χ3n) is 3.65. The summed E-state index contributed by atoms with van der Waals surface area (Å²) in [7, 11) is 1.44. The van der Waals surface area contributed by atoms with Crippen LogP contribution in [0.3, 0.4) is 0 Å². The van der Waals surface area contributed by atoms with Crippen LogP contribution in [-0.4, -0.2) is 25.8 Å². The van der Waals surface area contributed by atoms with E-state index in [1.54, 1.807) is 12.1 Å². The fourth-order valence-electron chi connectivity index (χ4n) is 2.43. The minimum absolute atomic E-state index is 0.0942. The summed E-state index contributed by atoms with van der Waals surface area (Å²) < 4.78 is 34.4. The van der Waals surface area contributed by atoms with E-state index in [1.807, 2.05) is 6.07 Å². The lowest BCUT2D eigenvalue weighted by atomic mass is 10.1. The fourth-order valence-corrected chi connectivity index (χ4v) is 2.43. The Morgan fingerprint density at radius 3 is 2.57 bits per heavy atom. The maximum atomic E-state index is 12.4. The number of alkyl halides is 2. The molecule has 2 unspecified atom stereocenters. The summed E-state index contributed by atoms with van der Waals surface area (Å²) in [6, 6.07) is 5.30. The summed E-state index contributed by atoms with van der Waals surface area (Å²) in [5.74, 6) is 1.41. The molecule has 1 N–H and O–H groups in total. The summed E-state index contributed by atoms with van der Waals surface area (Å²) in [6.45, 7) is 4.49. The van der Waals surface area contributed by atoms with Crippen LogP contribution in [0.15, 0.2) is 18.2 Å². The zero-order valence-electron chi connectivity index (χ0n) is 13.0. The first-order valence-corrected chi connectivity index (χ1v) is 7.18. The molecule has 21 heavy (non-hydrogen) atoms. The van der Waals surface area contributed by atoms with Gasteiger partial charge in [-0.3, -0.25) is 0 Å². The lowest BCUT2D eigenvalue weighted by Crippen LogP contribution is -2.37. The molecule has 0 radical (unpaired) electrons. The Morgan fingerprint density at radius 1 is 1.29 bits per heavy atom.